The summed E-state index contributed by atoms with van der Waals surface area (Å²) < 4.78 is 10.7. The van der Waals surface area contributed by atoms with Crippen LogP contribution in [-0.4, -0.2) is 65.9 Å². The first-order valence-corrected chi connectivity index (χ1v) is 8.77. The van der Waals surface area contributed by atoms with E-state index in [0.29, 0.717) is 36.7 Å². The molecule has 0 spiro atoms. The first-order valence-electron chi connectivity index (χ1n) is 8.77. The summed E-state index contributed by atoms with van der Waals surface area (Å²) in [5.74, 6) is 1.24. The van der Waals surface area contributed by atoms with Crippen LogP contribution in [0.4, 0.5) is 0 Å². The summed E-state index contributed by atoms with van der Waals surface area (Å²) in [7, 11) is 0. The van der Waals surface area contributed by atoms with E-state index in [4.69, 9.17) is 9.47 Å². The molecule has 24 heavy (non-hydrogen) atoms. The molecule has 6 nitrogen and oxygen atoms in total. The summed E-state index contributed by atoms with van der Waals surface area (Å²) in [6.07, 6.45) is 4.00. The summed E-state index contributed by atoms with van der Waals surface area (Å²) >= 11 is 0. The lowest BCUT2D eigenvalue weighted by Gasteiger charge is -2.41. The maximum Gasteiger partial charge on any atom is 0.254 e. The van der Waals surface area contributed by atoms with Crippen molar-refractivity contribution in [1.29, 1.82) is 0 Å². The van der Waals surface area contributed by atoms with E-state index in [1.807, 2.05) is 0 Å². The van der Waals surface area contributed by atoms with E-state index < -0.39 is 5.60 Å². The molecule has 0 unspecified atom stereocenters. The lowest BCUT2D eigenvalue weighted by Crippen LogP contribution is -2.55. The van der Waals surface area contributed by atoms with E-state index in [9.17, 15) is 9.90 Å². The molecule has 130 valence electrons. The molecule has 1 aromatic rings. The fraction of sp³-hybridized carbons (Fsp3) is 0.611. The van der Waals surface area contributed by atoms with Crippen LogP contribution < -0.4 is 9.47 Å². The highest BCUT2D eigenvalue weighted by atomic mass is 16.7. The molecular weight excluding hydrogens is 308 g/mol. The molecule has 6 heteroatoms. The summed E-state index contributed by atoms with van der Waals surface area (Å²) in [6, 6.07) is 5.28. The zero-order chi connectivity index (χ0) is 16.6. The van der Waals surface area contributed by atoms with Gasteiger partial charge in [0.1, 0.15) is 0 Å². The Morgan fingerprint density at radius 2 is 1.92 bits per heavy atom. The van der Waals surface area contributed by atoms with Crippen molar-refractivity contribution in [3.8, 4) is 11.5 Å². The summed E-state index contributed by atoms with van der Waals surface area (Å²) in [5, 5.41) is 11.0. The smallest absolute Gasteiger partial charge is 0.254 e. The lowest BCUT2D eigenvalue weighted by atomic mass is 9.91. The van der Waals surface area contributed by atoms with Gasteiger partial charge in [-0.1, -0.05) is 0 Å². The first kappa shape index (κ1) is 15.7. The molecule has 0 bridgehead atoms. The quantitative estimate of drug-likeness (QED) is 0.908. The van der Waals surface area contributed by atoms with E-state index in [-0.39, 0.29) is 12.7 Å². The van der Waals surface area contributed by atoms with Gasteiger partial charge in [-0.25, -0.2) is 0 Å². The van der Waals surface area contributed by atoms with Crippen LogP contribution in [0.2, 0.25) is 0 Å². The van der Waals surface area contributed by atoms with Gasteiger partial charge >= 0.3 is 0 Å². The Morgan fingerprint density at radius 1 is 1.12 bits per heavy atom. The van der Waals surface area contributed by atoms with Gasteiger partial charge < -0.3 is 24.4 Å². The summed E-state index contributed by atoms with van der Waals surface area (Å²) in [5.41, 5.74) is -0.209. The third-order valence-corrected chi connectivity index (χ3v) is 5.18. The van der Waals surface area contributed by atoms with Crippen LogP contribution in [-0.2, 0) is 0 Å². The van der Waals surface area contributed by atoms with Gasteiger partial charge in [-0.2, -0.15) is 0 Å². The van der Waals surface area contributed by atoms with Crippen LogP contribution in [0.25, 0.3) is 0 Å². The highest BCUT2D eigenvalue weighted by Crippen LogP contribution is 2.33. The number of likely N-dealkylation sites (tertiary alicyclic amines) is 2. The molecule has 4 rings (SSSR count). The predicted octanol–water partition coefficient (Wildman–Crippen LogP) is 1.48. The molecule has 0 aromatic heterocycles. The monoisotopic (exact) mass is 332 g/mol. The van der Waals surface area contributed by atoms with Gasteiger partial charge in [0, 0.05) is 18.7 Å². The Labute approximate surface area is 141 Å². The fourth-order valence-corrected chi connectivity index (χ4v) is 3.98. The SMILES string of the molecule is O=C(c1ccc2c(c1)OCO2)N1CCC[C@](O)(CN2CCCC2)C1. The first-order chi connectivity index (χ1) is 11.6. The molecule has 1 amide bonds. The number of ether oxygens (including phenoxy) is 2. The van der Waals surface area contributed by atoms with Gasteiger partial charge in [0.25, 0.3) is 5.91 Å². The molecule has 1 aromatic carbocycles. The highest BCUT2D eigenvalue weighted by molar-refractivity contribution is 5.95. The Kier molecular flexibility index (Phi) is 4.10. The van der Waals surface area contributed by atoms with Crippen LogP contribution in [0, 0.1) is 0 Å². The molecule has 0 saturated carbocycles. The summed E-state index contributed by atoms with van der Waals surface area (Å²) in [4.78, 5) is 16.9. The number of rotatable bonds is 3. The second-order valence-electron chi connectivity index (χ2n) is 7.11. The van der Waals surface area contributed by atoms with Gasteiger partial charge in [-0.3, -0.25) is 4.79 Å². The number of amides is 1. The Balaban J connectivity index is 1.46. The fourth-order valence-electron chi connectivity index (χ4n) is 3.98. The van der Waals surface area contributed by atoms with Crippen molar-refractivity contribution in [1.82, 2.24) is 9.80 Å². The molecule has 2 fully saturated rings. The Hall–Kier alpha value is -1.79. The number of benzene rings is 1. The normalized spacial score (nSPS) is 26.8. The number of fused-ring (bicyclic) bond motifs is 1. The maximum absolute atomic E-state index is 12.8. The molecule has 3 aliphatic heterocycles. The minimum atomic E-state index is -0.797. The third-order valence-electron chi connectivity index (χ3n) is 5.18. The van der Waals surface area contributed by atoms with Crippen molar-refractivity contribution < 1.29 is 19.4 Å². The van der Waals surface area contributed by atoms with Crippen LogP contribution in [0.15, 0.2) is 18.2 Å². The molecule has 2 saturated heterocycles. The molecule has 1 atom stereocenters. The largest absolute Gasteiger partial charge is 0.454 e. The predicted molar refractivity (Wildman–Crippen MR) is 88.3 cm³/mol. The number of hydrogen-bond donors (Lipinski definition) is 1. The molecular formula is C18H24N2O4. The number of nitrogens with zero attached hydrogens (tertiary/aromatic N) is 2. The van der Waals surface area contributed by atoms with Crippen molar-refractivity contribution in [2.45, 2.75) is 31.3 Å². The third kappa shape index (κ3) is 3.08. The van der Waals surface area contributed by atoms with E-state index in [1.54, 1.807) is 23.1 Å². The van der Waals surface area contributed by atoms with Crippen molar-refractivity contribution in [3.63, 3.8) is 0 Å². The highest BCUT2D eigenvalue weighted by Gasteiger charge is 2.37. The average Bonchev–Trinajstić information content (AvgIpc) is 3.24. The van der Waals surface area contributed by atoms with Crippen molar-refractivity contribution in [2.75, 3.05) is 39.5 Å². The second kappa shape index (κ2) is 6.26. The van der Waals surface area contributed by atoms with E-state index in [2.05, 4.69) is 4.90 Å². The second-order valence-corrected chi connectivity index (χ2v) is 7.11. The van der Waals surface area contributed by atoms with Gasteiger partial charge in [0.2, 0.25) is 6.79 Å². The number of aliphatic hydroxyl groups is 1. The van der Waals surface area contributed by atoms with Crippen LogP contribution in [0.3, 0.4) is 0 Å². The van der Waals surface area contributed by atoms with Crippen molar-refractivity contribution >= 4 is 5.91 Å². The number of piperidine rings is 1. The number of β-amino-alcohol motifs (C(OH)–C–C–N with tert-alkyl or cyclic N) is 1. The van der Waals surface area contributed by atoms with Gasteiger partial charge in [-0.05, 0) is 57.0 Å². The van der Waals surface area contributed by atoms with E-state index in [0.717, 1.165) is 25.9 Å². The van der Waals surface area contributed by atoms with E-state index >= 15 is 0 Å². The number of carbonyl (C=O) groups excluding carboxylic acids is 1. The molecule has 3 heterocycles. The zero-order valence-electron chi connectivity index (χ0n) is 13.9. The van der Waals surface area contributed by atoms with E-state index in [1.165, 1.54) is 12.8 Å². The standard InChI is InChI=1S/C18H24N2O4/c21-17(14-4-5-15-16(10-14)24-13-23-15)20-9-3-6-18(22,12-20)11-19-7-1-2-8-19/h4-5,10,22H,1-3,6-9,11-13H2/t18-/m0/s1. The van der Waals surface area contributed by atoms with Crippen molar-refractivity contribution in [2.24, 2.45) is 0 Å². The molecule has 3 aliphatic rings. The summed E-state index contributed by atoms with van der Waals surface area (Å²) in [6.45, 7) is 4.06. The number of carbonyl (C=O) groups is 1. The van der Waals surface area contributed by atoms with Gasteiger partial charge in [0.05, 0.1) is 12.1 Å². The van der Waals surface area contributed by atoms with Crippen LogP contribution in [0.1, 0.15) is 36.0 Å². The average molecular weight is 332 g/mol. The Bertz CT molecular complexity index is 629. The van der Waals surface area contributed by atoms with Gasteiger partial charge in [0.15, 0.2) is 11.5 Å². The number of hydrogen-bond acceptors (Lipinski definition) is 5. The Morgan fingerprint density at radius 3 is 2.75 bits per heavy atom. The van der Waals surface area contributed by atoms with Crippen LogP contribution >= 0.6 is 0 Å². The molecule has 1 N–H and O–H groups in total. The minimum absolute atomic E-state index is 0.0483. The molecule has 0 aliphatic carbocycles. The maximum atomic E-state index is 12.8. The zero-order valence-corrected chi connectivity index (χ0v) is 13.9. The lowest BCUT2D eigenvalue weighted by molar-refractivity contribution is -0.0431. The minimum Gasteiger partial charge on any atom is -0.454 e. The topological polar surface area (TPSA) is 62.2 Å². The van der Waals surface area contributed by atoms with Crippen molar-refractivity contribution in [3.05, 3.63) is 23.8 Å². The van der Waals surface area contributed by atoms with Gasteiger partial charge in [-0.15, -0.1) is 0 Å². The molecule has 0 radical (unpaired) electrons. The van der Waals surface area contributed by atoms with Crippen LogP contribution in [0.5, 0.6) is 11.5 Å².